The van der Waals surface area contributed by atoms with Gasteiger partial charge in [-0.3, -0.25) is 28.9 Å². The molecule has 0 saturated carbocycles. The van der Waals surface area contributed by atoms with Gasteiger partial charge in [-0.25, -0.2) is 0 Å². The first-order valence-corrected chi connectivity index (χ1v) is 4.82. The SMILES string of the molecule is O=C1C=CC(=O)N1CCON1C(=O)C=CC1=O. The Hall–Kier alpha value is -2.28. The van der Waals surface area contributed by atoms with Crippen LogP contribution >= 0.6 is 0 Å². The van der Waals surface area contributed by atoms with Crippen LogP contribution in [0.2, 0.25) is 0 Å². The van der Waals surface area contributed by atoms with E-state index in [0.29, 0.717) is 5.06 Å². The summed E-state index contributed by atoms with van der Waals surface area (Å²) in [5.41, 5.74) is 0. The van der Waals surface area contributed by atoms with E-state index in [1.165, 1.54) is 0 Å². The van der Waals surface area contributed by atoms with E-state index >= 15 is 0 Å². The maximum absolute atomic E-state index is 11.1. The van der Waals surface area contributed by atoms with Crippen molar-refractivity contribution < 1.29 is 24.0 Å². The highest BCUT2D eigenvalue weighted by molar-refractivity contribution is 6.13. The average molecular weight is 236 g/mol. The van der Waals surface area contributed by atoms with Gasteiger partial charge in [-0.2, -0.15) is 0 Å². The first-order valence-electron chi connectivity index (χ1n) is 4.82. The average Bonchev–Trinajstić information content (AvgIpc) is 2.77. The van der Waals surface area contributed by atoms with Crippen LogP contribution in [0.1, 0.15) is 0 Å². The molecule has 2 rings (SSSR count). The zero-order valence-electron chi connectivity index (χ0n) is 8.66. The fourth-order valence-corrected chi connectivity index (χ4v) is 1.39. The van der Waals surface area contributed by atoms with Crippen molar-refractivity contribution in [2.75, 3.05) is 13.2 Å². The summed E-state index contributed by atoms with van der Waals surface area (Å²) in [6.07, 6.45) is 4.46. The van der Waals surface area contributed by atoms with Gasteiger partial charge in [0.15, 0.2) is 0 Å². The molecule has 88 valence electrons. The zero-order chi connectivity index (χ0) is 12.4. The van der Waals surface area contributed by atoms with Gasteiger partial charge in [-0.15, -0.1) is 5.06 Å². The Morgan fingerprint density at radius 1 is 0.824 bits per heavy atom. The Morgan fingerprint density at radius 3 is 1.82 bits per heavy atom. The largest absolute Gasteiger partial charge is 0.277 e. The molecule has 0 N–H and O–H groups in total. The van der Waals surface area contributed by atoms with E-state index < -0.39 is 23.6 Å². The van der Waals surface area contributed by atoms with E-state index in [0.717, 1.165) is 29.2 Å². The van der Waals surface area contributed by atoms with Gasteiger partial charge in [-0.05, 0) is 0 Å². The van der Waals surface area contributed by atoms with Crippen molar-refractivity contribution in [3.8, 4) is 0 Å². The van der Waals surface area contributed by atoms with E-state index in [-0.39, 0.29) is 13.2 Å². The van der Waals surface area contributed by atoms with E-state index in [1.807, 2.05) is 0 Å². The second-order valence-electron chi connectivity index (χ2n) is 3.30. The monoisotopic (exact) mass is 236 g/mol. The van der Waals surface area contributed by atoms with Crippen molar-refractivity contribution in [1.29, 1.82) is 0 Å². The van der Waals surface area contributed by atoms with Gasteiger partial charge in [0.2, 0.25) is 0 Å². The Labute approximate surface area is 95.9 Å². The quantitative estimate of drug-likeness (QED) is 0.570. The lowest BCUT2D eigenvalue weighted by molar-refractivity contribution is -0.186. The topological polar surface area (TPSA) is 84.0 Å². The molecule has 0 aliphatic carbocycles. The van der Waals surface area contributed by atoms with Gasteiger partial charge >= 0.3 is 0 Å². The van der Waals surface area contributed by atoms with Crippen LogP contribution in [0, 0.1) is 0 Å². The molecule has 0 radical (unpaired) electrons. The van der Waals surface area contributed by atoms with Crippen molar-refractivity contribution in [3.05, 3.63) is 24.3 Å². The molecule has 0 aromatic heterocycles. The van der Waals surface area contributed by atoms with Crippen LogP contribution in [-0.2, 0) is 24.0 Å². The second-order valence-corrected chi connectivity index (χ2v) is 3.30. The number of carbonyl (C=O) groups is 4. The van der Waals surface area contributed by atoms with Crippen molar-refractivity contribution >= 4 is 23.6 Å². The van der Waals surface area contributed by atoms with Crippen LogP contribution in [0.15, 0.2) is 24.3 Å². The van der Waals surface area contributed by atoms with Crippen LogP contribution < -0.4 is 0 Å². The van der Waals surface area contributed by atoms with Gasteiger partial charge in [0.05, 0.1) is 13.2 Å². The van der Waals surface area contributed by atoms with Crippen LogP contribution in [-0.4, -0.2) is 46.7 Å². The minimum absolute atomic E-state index is 0.0122. The smallest absolute Gasteiger partial charge is 0.273 e. The summed E-state index contributed by atoms with van der Waals surface area (Å²) in [5.74, 6) is -2.02. The standard InChI is InChI=1S/C10H8N2O5/c13-7-1-2-8(14)11(7)5-6-17-12-9(15)3-4-10(12)16/h1-4H,5-6H2. The number of hydroxylamine groups is 2. The zero-order valence-corrected chi connectivity index (χ0v) is 8.66. The highest BCUT2D eigenvalue weighted by Crippen LogP contribution is 2.06. The summed E-state index contributed by atoms with van der Waals surface area (Å²) in [7, 11) is 0. The number of imide groups is 2. The molecule has 0 spiro atoms. The number of rotatable bonds is 4. The Balaban J connectivity index is 1.81. The van der Waals surface area contributed by atoms with Crippen LogP contribution in [0.25, 0.3) is 0 Å². The lowest BCUT2D eigenvalue weighted by atomic mass is 10.5. The molecule has 0 atom stereocenters. The number of carbonyl (C=O) groups excluding carboxylic acids is 4. The number of nitrogens with zero attached hydrogens (tertiary/aromatic N) is 2. The minimum atomic E-state index is -0.577. The molecule has 7 heteroatoms. The van der Waals surface area contributed by atoms with Crippen LogP contribution in [0.4, 0.5) is 0 Å². The fraction of sp³-hybridized carbons (Fsp3) is 0.200. The van der Waals surface area contributed by atoms with Crippen LogP contribution in [0.3, 0.4) is 0 Å². The summed E-state index contributed by atoms with van der Waals surface area (Å²) in [5, 5.41) is 0.582. The Bertz CT molecular complexity index is 387. The van der Waals surface area contributed by atoms with Crippen LogP contribution in [0.5, 0.6) is 0 Å². The number of amides is 4. The molecule has 7 nitrogen and oxygen atoms in total. The van der Waals surface area contributed by atoms with E-state index in [9.17, 15) is 19.2 Å². The molecule has 0 aromatic carbocycles. The normalized spacial score (nSPS) is 19.1. The van der Waals surface area contributed by atoms with E-state index in [2.05, 4.69) is 0 Å². The van der Waals surface area contributed by atoms with Crippen molar-refractivity contribution in [2.24, 2.45) is 0 Å². The third-order valence-corrected chi connectivity index (χ3v) is 2.20. The predicted octanol–water partition coefficient (Wildman–Crippen LogP) is -1.23. The van der Waals surface area contributed by atoms with E-state index in [4.69, 9.17) is 4.84 Å². The predicted molar refractivity (Wildman–Crippen MR) is 52.8 cm³/mol. The van der Waals surface area contributed by atoms with Gasteiger partial charge in [-0.1, -0.05) is 0 Å². The third-order valence-electron chi connectivity index (χ3n) is 2.20. The lowest BCUT2D eigenvalue weighted by Gasteiger charge is -2.16. The molecular formula is C10H8N2O5. The maximum atomic E-state index is 11.1. The first kappa shape index (κ1) is 11.2. The van der Waals surface area contributed by atoms with Crippen molar-refractivity contribution in [2.45, 2.75) is 0 Å². The molecule has 2 aliphatic heterocycles. The summed E-state index contributed by atoms with van der Waals surface area (Å²) in [6.45, 7) is -0.125. The Morgan fingerprint density at radius 2 is 1.29 bits per heavy atom. The molecule has 17 heavy (non-hydrogen) atoms. The third kappa shape index (κ3) is 2.13. The minimum Gasteiger partial charge on any atom is -0.273 e. The van der Waals surface area contributed by atoms with Crippen molar-refractivity contribution in [1.82, 2.24) is 9.96 Å². The molecule has 0 unspecified atom stereocenters. The summed E-state index contributed by atoms with van der Waals surface area (Å²) >= 11 is 0. The van der Waals surface area contributed by atoms with Gasteiger partial charge in [0, 0.05) is 24.3 Å². The molecule has 0 bridgehead atoms. The highest BCUT2D eigenvalue weighted by Gasteiger charge is 2.27. The molecule has 0 fully saturated rings. The molecule has 0 saturated heterocycles. The Kier molecular flexibility index (Phi) is 2.84. The van der Waals surface area contributed by atoms with Gasteiger partial charge in [0.25, 0.3) is 23.6 Å². The number of hydrogen-bond acceptors (Lipinski definition) is 5. The first-order chi connectivity index (χ1) is 8.09. The second kappa shape index (κ2) is 4.30. The number of hydrogen-bond donors (Lipinski definition) is 0. The van der Waals surface area contributed by atoms with Gasteiger partial charge in [0.1, 0.15) is 0 Å². The summed E-state index contributed by atoms with van der Waals surface area (Å²) in [6, 6.07) is 0. The molecule has 0 aromatic rings. The van der Waals surface area contributed by atoms with Crippen molar-refractivity contribution in [3.63, 3.8) is 0 Å². The highest BCUT2D eigenvalue weighted by atomic mass is 16.7. The molecule has 4 amide bonds. The summed E-state index contributed by atoms with van der Waals surface area (Å²) in [4.78, 5) is 50.3. The molecule has 2 heterocycles. The fourth-order valence-electron chi connectivity index (χ4n) is 1.39. The van der Waals surface area contributed by atoms with E-state index in [1.54, 1.807) is 0 Å². The lowest BCUT2D eigenvalue weighted by Crippen LogP contribution is -2.37. The molecule has 2 aliphatic rings. The maximum Gasteiger partial charge on any atom is 0.277 e. The van der Waals surface area contributed by atoms with Gasteiger partial charge < -0.3 is 0 Å². The summed E-state index contributed by atoms with van der Waals surface area (Å²) < 4.78 is 0. The molecular weight excluding hydrogens is 228 g/mol.